The first-order valence-electron chi connectivity index (χ1n) is 8.75. The average molecular weight is 317 g/mol. The largest absolute Gasteiger partial charge is 0.375 e. The lowest BCUT2D eigenvalue weighted by Gasteiger charge is -2.38. The van der Waals surface area contributed by atoms with E-state index in [0.29, 0.717) is 6.54 Å². The molecule has 2 amide bonds. The molecule has 1 aromatic heterocycles. The zero-order valence-corrected chi connectivity index (χ0v) is 13.9. The second-order valence-electron chi connectivity index (χ2n) is 6.96. The van der Waals surface area contributed by atoms with E-state index in [4.69, 9.17) is 4.74 Å². The molecule has 1 aromatic rings. The molecule has 23 heavy (non-hydrogen) atoms. The van der Waals surface area contributed by atoms with E-state index in [1.165, 1.54) is 18.4 Å². The van der Waals surface area contributed by atoms with Crippen LogP contribution in [-0.2, 0) is 4.74 Å². The van der Waals surface area contributed by atoms with E-state index in [-0.39, 0.29) is 23.6 Å². The number of nitrogens with zero attached hydrogens (tertiary/aromatic N) is 1. The normalized spacial score (nSPS) is 24.3. The molecule has 2 N–H and O–H groups in total. The van der Waals surface area contributed by atoms with E-state index in [2.05, 4.69) is 22.5 Å². The second kappa shape index (κ2) is 7.30. The minimum Gasteiger partial charge on any atom is -0.375 e. The van der Waals surface area contributed by atoms with E-state index in [1.54, 1.807) is 12.4 Å². The van der Waals surface area contributed by atoms with E-state index < -0.39 is 0 Å². The SMILES string of the molecule is C[C@@H](CNC(=O)N[C@H]1CCOC2(CCCC2)C1)c1ccncc1. The molecule has 126 valence electrons. The fourth-order valence-electron chi connectivity index (χ4n) is 3.81. The Morgan fingerprint density at radius 3 is 2.87 bits per heavy atom. The van der Waals surface area contributed by atoms with Crippen LogP contribution in [0.5, 0.6) is 0 Å². The van der Waals surface area contributed by atoms with Crippen molar-refractivity contribution in [2.24, 2.45) is 0 Å². The molecule has 1 saturated heterocycles. The van der Waals surface area contributed by atoms with Gasteiger partial charge < -0.3 is 15.4 Å². The molecule has 1 aliphatic heterocycles. The van der Waals surface area contributed by atoms with Crippen LogP contribution in [-0.4, -0.2) is 35.8 Å². The maximum Gasteiger partial charge on any atom is 0.315 e. The van der Waals surface area contributed by atoms with Crippen LogP contribution in [0.25, 0.3) is 0 Å². The summed E-state index contributed by atoms with van der Waals surface area (Å²) in [4.78, 5) is 16.2. The Hall–Kier alpha value is -1.62. The van der Waals surface area contributed by atoms with Gasteiger partial charge in [0.15, 0.2) is 0 Å². The highest BCUT2D eigenvalue weighted by Crippen LogP contribution is 2.39. The minimum atomic E-state index is -0.0639. The Balaban J connectivity index is 1.44. The Kier molecular flexibility index (Phi) is 5.16. The van der Waals surface area contributed by atoms with Crippen LogP contribution in [0.3, 0.4) is 0 Å². The first-order valence-corrected chi connectivity index (χ1v) is 8.75. The molecular formula is C18H27N3O2. The quantitative estimate of drug-likeness (QED) is 0.897. The first kappa shape index (κ1) is 16.2. The third-order valence-electron chi connectivity index (χ3n) is 5.19. The monoisotopic (exact) mass is 317 g/mol. The molecule has 3 rings (SSSR count). The summed E-state index contributed by atoms with van der Waals surface area (Å²) in [5.41, 5.74) is 1.23. The lowest BCUT2D eigenvalue weighted by Crippen LogP contribution is -2.50. The number of aromatic nitrogens is 1. The Labute approximate surface area is 138 Å². The fraction of sp³-hybridized carbons (Fsp3) is 0.667. The van der Waals surface area contributed by atoms with Crippen molar-refractivity contribution >= 4 is 6.03 Å². The summed E-state index contributed by atoms with van der Waals surface area (Å²) in [6.45, 7) is 3.50. The lowest BCUT2D eigenvalue weighted by molar-refractivity contribution is -0.0820. The van der Waals surface area contributed by atoms with Crippen LogP contribution in [0.15, 0.2) is 24.5 Å². The molecule has 2 heterocycles. The Morgan fingerprint density at radius 2 is 2.13 bits per heavy atom. The van der Waals surface area contributed by atoms with E-state index in [9.17, 15) is 4.79 Å². The topological polar surface area (TPSA) is 63.2 Å². The molecule has 5 nitrogen and oxygen atoms in total. The van der Waals surface area contributed by atoms with E-state index in [1.807, 2.05) is 12.1 Å². The summed E-state index contributed by atoms with van der Waals surface area (Å²) in [5.74, 6) is 0.277. The van der Waals surface area contributed by atoms with Gasteiger partial charge in [-0.05, 0) is 49.3 Å². The first-order chi connectivity index (χ1) is 11.2. The van der Waals surface area contributed by atoms with Crippen molar-refractivity contribution < 1.29 is 9.53 Å². The van der Waals surface area contributed by atoms with Crippen molar-refractivity contribution in [2.45, 2.75) is 63.0 Å². The van der Waals surface area contributed by atoms with Gasteiger partial charge in [-0.2, -0.15) is 0 Å². The van der Waals surface area contributed by atoms with Crippen molar-refractivity contribution in [1.82, 2.24) is 15.6 Å². The molecule has 1 saturated carbocycles. The number of nitrogens with one attached hydrogen (secondary N) is 2. The van der Waals surface area contributed by atoms with Crippen molar-refractivity contribution in [1.29, 1.82) is 0 Å². The number of amides is 2. The minimum absolute atomic E-state index is 0.0422. The van der Waals surface area contributed by atoms with Crippen molar-refractivity contribution in [2.75, 3.05) is 13.2 Å². The molecule has 0 bridgehead atoms. The summed E-state index contributed by atoms with van der Waals surface area (Å²) >= 11 is 0. The number of ether oxygens (including phenoxy) is 1. The number of hydrogen-bond donors (Lipinski definition) is 2. The van der Waals surface area contributed by atoms with Gasteiger partial charge in [0.25, 0.3) is 0 Å². The van der Waals surface area contributed by atoms with Crippen LogP contribution in [0.1, 0.15) is 56.9 Å². The predicted octanol–water partition coefficient (Wildman–Crippen LogP) is 2.98. The summed E-state index contributed by atoms with van der Waals surface area (Å²) < 4.78 is 6.02. The smallest absolute Gasteiger partial charge is 0.315 e. The van der Waals surface area contributed by atoms with E-state index in [0.717, 1.165) is 32.3 Å². The highest BCUT2D eigenvalue weighted by Gasteiger charge is 2.40. The average Bonchev–Trinajstić information content (AvgIpc) is 3.01. The fourth-order valence-corrected chi connectivity index (χ4v) is 3.81. The number of urea groups is 1. The molecule has 1 aliphatic carbocycles. The van der Waals surface area contributed by atoms with Crippen LogP contribution < -0.4 is 10.6 Å². The molecule has 0 aromatic carbocycles. The molecule has 1 spiro atoms. The van der Waals surface area contributed by atoms with Gasteiger partial charge in [0.2, 0.25) is 0 Å². The molecular weight excluding hydrogens is 290 g/mol. The van der Waals surface area contributed by atoms with Crippen LogP contribution in [0.4, 0.5) is 4.79 Å². The van der Waals surface area contributed by atoms with Gasteiger partial charge in [-0.25, -0.2) is 4.79 Å². The van der Waals surface area contributed by atoms with Crippen molar-refractivity contribution in [3.05, 3.63) is 30.1 Å². The van der Waals surface area contributed by atoms with Gasteiger partial charge in [0.05, 0.1) is 5.60 Å². The van der Waals surface area contributed by atoms with Crippen LogP contribution >= 0.6 is 0 Å². The highest BCUT2D eigenvalue weighted by atomic mass is 16.5. The lowest BCUT2D eigenvalue weighted by atomic mass is 9.89. The molecule has 0 radical (unpaired) electrons. The van der Waals surface area contributed by atoms with Gasteiger partial charge >= 0.3 is 6.03 Å². The van der Waals surface area contributed by atoms with Gasteiger partial charge in [-0.1, -0.05) is 19.8 Å². The molecule has 2 atom stereocenters. The van der Waals surface area contributed by atoms with Crippen LogP contribution in [0, 0.1) is 0 Å². The number of pyridine rings is 1. The number of carbonyl (C=O) groups is 1. The zero-order valence-electron chi connectivity index (χ0n) is 13.9. The van der Waals surface area contributed by atoms with Crippen LogP contribution in [0.2, 0.25) is 0 Å². The standard InChI is InChI=1S/C18H27N3O2/c1-14(15-4-9-19-10-5-15)13-20-17(22)21-16-6-11-23-18(12-16)7-2-3-8-18/h4-5,9-10,14,16H,2-3,6-8,11-13H2,1H3,(H2,20,21,22)/t14-,16-/m0/s1. The second-order valence-corrected chi connectivity index (χ2v) is 6.96. The predicted molar refractivity (Wildman–Crippen MR) is 89.4 cm³/mol. The van der Waals surface area contributed by atoms with Gasteiger partial charge in [0.1, 0.15) is 0 Å². The summed E-state index contributed by atoms with van der Waals surface area (Å²) in [6, 6.07) is 4.16. The number of hydrogen-bond acceptors (Lipinski definition) is 3. The van der Waals surface area contributed by atoms with Crippen molar-refractivity contribution in [3.8, 4) is 0 Å². The maximum absolute atomic E-state index is 12.2. The van der Waals surface area contributed by atoms with Gasteiger partial charge in [0, 0.05) is 31.6 Å². The number of carbonyl (C=O) groups excluding carboxylic acids is 1. The van der Waals surface area contributed by atoms with Crippen molar-refractivity contribution in [3.63, 3.8) is 0 Å². The molecule has 2 aliphatic rings. The van der Waals surface area contributed by atoms with E-state index >= 15 is 0 Å². The Bertz CT molecular complexity index is 514. The summed E-state index contributed by atoms with van der Waals surface area (Å²) in [5, 5.41) is 6.13. The molecule has 2 fully saturated rings. The Morgan fingerprint density at radius 1 is 1.39 bits per heavy atom. The van der Waals surface area contributed by atoms with Gasteiger partial charge in [-0.3, -0.25) is 4.98 Å². The zero-order chi connectivity index (χ0) is 16.1. The third-order valence-corrected chi connectivity index (χ3v) is 5.19. The molecule has 0 unspecified atom stereocenters. The molecule has 5 heteroatoms. The van der Waals surface area contributed by atoms with Gasteiger partial charge in [-0.15, -0.1) is 0 Å². The third kappa shape index (κ3) is 4.22. The number of rotatable bonds is 4. The maximum atomic E-state index is 12.2. The summed E-state index contributed by atoms with van der Waals surface area (Å²) in [7, 11) is 0. The summed E-state index contributed by atoms with van der Waals surface area (Å²) in [6.07, 6.45) is 10.2. The highest BCUT2D eigenvalue weighted by molar-refractivity contribution is 5.74.